The Balaban J connectivity index is 1.65. The Labute approximate surface area is 191 Å². The monoisotopic (exact) mass is 472 g/mol. The summed E-state index contributed by atoms with van der Waals surface area (Å²) in [6, 6.07) is 14.4. The molecular weight excluding hydrogens is 448 g/mol. The Hall–Kier alpha value is -3.34. The highest BCUT2D eigenvalue weighted by molar-refractivity contribution is 7.89. The lowest BCUT2D eigenvalue weighted by atomic mass is 10.2. The number of furan rings is 1. The molecule has 2 heterocycles. The summed E-state index contributed by atoms with van der Waals surface area (Å²) in [6.07, 6.45) is 1.38. The van der Waals surface area contributed by atoms with E-state index in [1.54, 1.807) is 30.3 Å². The number of sulfonamides is 1. The van der Waals surface area contributed by atoms with Gasteiger partial charge in [-0.05, 0) is 61.5 Å². The van der Waals surface area contributed by atoms with Crippen molar-refractivity contribution >= 4 is 21.6 Å². The smallest absolute Gasteiger partial charge is 0.291 e. The van der Waals surface area contributed by atoms with E-state index in [4.69, 9.17) is 18.6 Å². The highest BCUT2D eigenvalue weighted by Gasteiger charge is 2.27. The first kappa shape index (κ1) is 22.8. The molecule has 33 heavy (non-hydrogen) atoms. The number of anilines is 1. The van der Waals surface area contributed by atoms with Crippen molar-refractivity contribution in [1.82, 2.24) is 4.31 Å². The first-order chi connectivity index (χ1) is 16.0. The molecule has 1 aromatic heterocycles. The van der Waals surface area contributed by atoms with Crippen molar-refractivity contribution in [2.45, 2.75) is 11.8 Å². The van der Waals surface area contributed by atoms with Gasteiger partial charge in [0.1, 0.15) is 11.5 Å². The molecule has 0 unspecified atom stereocenters. The van der Waals surface area contributed by atoms with E-state index in [0.717, 1.165) is 0 Å². The van der Waals surface area contributed by atoms with Gasteiger partial charge < -0.3 is 23.9 Å². The maximum Gasteiger partial charge on any atom is 0.291 e. The minimum absolute atomic E-state index is 0.0400. The van der Waals surface area contributed by atoms with Crippen molar-refractivity contribution in [3.05, 3.63) is 66.6 Å². The summed E-state index contributed by atoms with van der Waals surface area (Å²) in [6.45, 7) is 3.63. The van der Waals surface area contributed by atoms with Gasteiger partial charge in [0.15, 0.2) is 11.5 Å². The maximum atomic E-state index is 13.1. The fourth-order valence-electron chi connectivity index (χ4n) is 3.28. The first-order valence-electron chi connectivity index (χ1n) is 10.4. The lowest BCUT2D eigenvalue weighted by molar-refractivity contribution is 0.0730. The fraction of sp³-hybridized carbons (Fsp3) is 0.261. The molecule has 4 rings (SSSR count). The Bertz CT molecular complexity index is 1190. The van der Waals surface area contributed by atoms with Crippen LogP contribution >= 0.6 is 0 Å². The molecule has 1 saturated heterocycles. The molecule has 0 atom stereocenters. The molecular formula is C23H24N2O7S. The SMILES string of the molecule is CCOc1ccc(Oc2ccc(S(=O)(=O)N3CCOCC3)cc2NC(=O)c2ccco2)cc1. The molecule has 10 heteroatoms. The van der Waals surface area contributed by atoms with Crippen LogP contribution in [0.2, 0.25) is 0 Å². The zero-order valence-electron chi connectivity index (χ0n) is 18.0. The van der Waals surface area contributed by atoms with Gasteiger partial charge in [-0.25, -0.2) is 8.42 Å². The van der Waals surface area contributed by atoms with E-state index < -0.39 is 15.9 Å². The number of nitrogens with one attached hydrogen (secondary N) is 1. The lowest BCUT2D eigenvalue weighted by Gasteiger charge is -2.26. The standard InChI is InChI=1S/C23H24N2O7S/c1-2-30-17-5-7-18(8-6-17)32-21-10-9-19(33(27,28)25-11-14-29-15-12-25)16-20(21)24-23(26)22-4-3-13-31-22/h3-10,13,16H,2,11-12,14-15H2,1H3,(H,24,26). The number of nitrogens with zero attached hydrogens (tertiary/aromatic N) is 1. The zero-order chi connectivity index (χ0) is 23.3. The fourth-order valence-corrected chi connectivity index (χ4v) is 4.72. The van der Waals surface area contributed by atoms with E-state index >= 15 is 0 Å². The van der Waals surface area contributed by atoms with E-state index in [1.807, 2.05) is 6.92 Å². The molecule has 1 amide bonds. The number of carbonyl (C=O) groups is 1. The molecule has 1 N–H and O–H groups in total. The van der Waals surface area contributed by atoms with Crippen molar-refractivity contribution in [2.24, 2.45) is 0 Å². The average Bonchev–Trinajstić information content (AvgIpc) is 3.37. The minimum Gasteiger partial charge on any atom is -0.494 e. The van der Waals surface area contributed by atoms with Crippen LogP contribution in [0.3, 0.4) is 0 Å². The first-order valence-corrected chi connectivity index (χ1v) is 11.9. The van der Waals surface area contributed by atoms with Crippen molar-refractivity contribution in [2.75, 3.05) is 38.2 Å². The molecule has 0 aliphatic carbocycles. The number of hydrogen-bond acceptors (Lipinski definition) is 7. The van der Waals surface area contributed by atoms with E-state index in [-0.39, 0.29) is 35.2 Å². The number of morpholine rings is 1. The van der Waals surface area contributed by atoms with Crippen molar-refractivity contribution in [1.29, 1.82) is 0 Å². The molecule has 0 saturated carbocycles. The second kappa shape index (κ2) is 10.1. The van der Waals surface area contributed by atoms with Crippen molar-refractivity contribution in [3.8, 4) is 17.2 Å². The highest BCUT2D eigenvalue weighted by atomic mass is 32.2. The van der Waals surface area contributed by atoms with Crippen LogP contribution in [0.4, 0.5) is 5.69 Å². The van der Waals surface area contributed by atoms with Crippen LogP contribution in [0.15, 0.2) is 70.2 Å². The maximum absolute atomic E-state index is 13.1. The Kier molecular flexibility index (Phi) is 6.97. The quantitative estimate of drug-likeness (QED) is 0.532. The topological polar surface area (TPSA) is 107 Å². The molecule has 174 valence electrons. The number of hydrogen-bond donors (Lipinski definition) is 1. The van der Waals surface area contributed by atoms with Gasteiger partial charge in [0.05, 0.1) is 36.7 Å². The molecule has 0 bridgehead atoms. The molecule has 1 aliphatic rings. The molecule has 0 radical (unpaired) electrons. The van der Waals surface area contributed by atoms with Crippen LogP contribution in [0, 0.1) is 0 Å². The molecule has 0 spiro atoms. The highest BCUT2D eigenvalue weighted by Crippen LogP contribution is 2.34. The van der Waals surface area contributed by atoms with Gasteiger partial charge >= 0.3 is 0 Å². The average molecular weight is 473 g/mol. The summed E-state index contributed by atoms with van der Waals surface area (Å²) in [5, 5.41) is 2.69. The van der Waals surface area contributed by atoms with E-state index in [9.17, 15) is 13.2 Å². The van der Waals surface area contributed by atoms with Gasteiger partial charge in [0.25, 0.3) is 5.91 Å². The third kappa shape index (κ3) is 5.36. The van der Waals surface area contributed by atoms with Crippen molar-refractivity contribution < 1.29 is 31.8 Å². The van der Waals surface area contributed by atoms with Gasteiger partial charge in [-0.1, -0.05) is 0 Å². The number of ether oxygens (including phenoxy) is 3. The Morgan fingerprint density at radius 1 is 1.06 bits per heavy atom. The summed E-state index contributed by atoms with van der Waals surface area (Å²) < 4.78 is 49.4. The number of carbonyl (C=O) groups excluding carboxylic acids is 1. The van der Waals surface area contributed by atoms with Gasteiger partial charge in [-0.3, -0.25) is 4.79 Å². The van der Waals surface area contributed by atoms with E-state index in [2.05, 4.69) is 5.32 Å². The molecule has 3 aromatic rings. The second-order valence-corrected chi connectivity index (χ2v) is 9.05. The van der Waals surface area contributed by atoms with Crippen LogP contribution in [0.5, 0.6) is 17.2 Å². The van der Waals surface area contributed by atoms with Gasteiger partial charge in [0.2, 0.25) is 10.0 Å². The normalized spacial score (nSPS) is 14.6. The second-order valence-electron chi connectivity index (χ2n) is 7.11. The van der Waals surface area contributed by atoms with Crippen LogP contribution < -0.4 is 14.8 Å². The van der Waals surface area contributed by atoms with E-state index in [1.165, 1.54) is 34.8 Å². The Morgan fingerprint density at radius 3 is 2.45 bits per heavy atom. The van der Waals surface area contributed by atoms with Gasteiger partial charge in [0, 0.05) is 13.1 Å². The summed E-state index contributed by atoms with van der Waals surface area (Å²) in [5.41, 5.74) is 0.194. The van der Waals surface area contributed by atoms with Crippen LogP contribution in [0.1, 0.15) is 17.5 Å². The molecule has 2 aromatic carbocycles. The predicted octanol–water partition coefficient (Wildman–Crippen LogP) is 3.74. The van der Waals surface area contributed by atoms with Gasteiger partial charge in [-0.15, -0.1) is 0 Å². The third-order valence-electron chi connectivity index (χ3n) is 4.91. The summed E-state index contributed by atoms with van der Waals surface area (Å²) in [5.74, 6) is 1.03. The summed E-state index contributed by atoms with van der Waals surface area (Å²) in [4.78, 5) is 12.6. The number of amides is 1. The summed E-state index contributed by atoms with van der Waals surface area (Å²) >= 11 is 0. The molecule has 1 fully saturated rings. The number of benzene rings is 2. The van der Waals surface area contributed by atoms with E-state index in [0.29, 0.717) is 31.3 Å². The molecule has 9 nitrogen and oxygen atoms in total. The number of rotatable bonds is 8. The van der Waals surface area contributed by atoms with Crippen molar-refractivity contribution in [3.63, 3.8) is 0 Å². The third-order valence-corrected chi connectivity index (χ3v) is 6.81. The van der Waals surface area contributed by atoms with Crippen LogP contribution in [0.25, 0.3) is 0 Å². The van der Waals surface area contributed by atoms with Crippen LogP contribution in [-0.4, -0.2) is 51.5 Å². The predicted molar refractivity (Wildman–Crippen MR) is 120 cm³/mol. The molecule has 1 aliphatic heterocycles. The van der Waals surface area contributed by atoms with Crippen LogP contribution in [-0.2, 0) is 14.8 Å². The largest absolute Gasteiger partial charge is 0.494 e. The van der Waals surface area contributed by atoms with Gasteiger partial charge in [-0.2, -0.15) is 4.31 Å². The lowest BCUT2D eigenvalue weighted by Crippen LogP contribution is -2.40. The minimum atomic E-state index is -3.77. The Morgan fingerprint density at radius 2 is 1.79 bits per heavy atom. The summed E-state index contributed by atoms with van der Waals surface area (Å²) in [7, 11) is -3.77. The zero-order valence-corrected chi connectivity index (χ0v) is 18.8.